The highest BCUT2D eigenvalue weighted by Crippen LogP contribution is 2.39. The van der Waals surface area contributed by atoms with Crippen molar-refractivity contribution in [3.05, 3.63) is 22.7 Å². The molecule has 2 aliphatic rings. The molecule has 0 aromatic heterocycles. The zero-order chi connectivity index (χ0) is 13.9. The van der Waals surface area contributed by atoms with Gasteiger partial charge in [-0.05, 0) is 36.8 Å². The van der Waals surface area contributed by atoms with E-state index in [-0.39, 0.29) is 6.79 Å². The average Bonchev–Trinajstić information content (AvgIpc) is 2.94. The maximum Gasteiger partial charge on any atom is 0.231 e. The summed E-state index contributed by atoms with van der Waals surface area (Å²) in [4.78, 5) is 0. The van der Waals surface area contributed by atoms with Crippen LogP contribution in [0.25, 0.3) is 0 Å². The maximum atomic E-state index is 6.22. The number of rotatable bonds is 4. The third-order valence-electron chi connectivity index (χ3n) is 4.06. The summed E-state index contributed by atoms with van der Waals surface area (Å²) in [7, 11) is 0. The predicted octanol–water partition coefficient (Wildman–Crippen LogP) is 3.83. The fraction of sp³-hybridized carbons (Fsp3) is 0.600. The predicted molar refractivity (Wildman–Crippen MR) is 84.0 cm³/mol. The van der Waals surface area contributed by atoms with Gasteiger partial charge in [-0.2, -0.15) is 11.8 Å². The second kappa shape index (κ2) is 6.46. The minimum atomic E-state index is 0.267. The van der Waals surface area contributed by atoms with E-state index in [0.717, 1.165) is 23.1 Å². The van der Waals surface area contributed by atoms with Crippen molar-refractivity contribution < 1.29 is 9.47 Å². The Labute approximate surface area is 129 Å². The number of benzene rings is 1. The lowest BCUT2D eigenvalue weighted by molar-refractivity contribution is 0.174. The molecule has 1 N–H and O–H groups in total. The Bertz CT molecular complexity index is 483. The summed E-state index contributed by atoms with van der Waals surface area (Å²) >= 11 is 8.19. The van der Waals surface area contributed by atoms with E-state index in [1.807, 2.05) is 23.9 Å². The van der Waals surface area contributed by atoms with E-state index in [9.17, 15) is 0 Å². The summed E-state index contributed by atoms with van der Waals surface area (Å²) in [5.41, 5.74) is 1.16. The lowest BCUT2D eigenvalue weighted by atomic mass is 9.94. The largest absolute Gasteiger partial charge is 0.454 e. The number of fused-ring (bicyclic) bond motifs is 1. The number of halogens is 1. The van der Waals surface area contributed by atoms with Gasteiger partial charge in [0.25, 0.3) is 0 Å². The highest BCUT2D eigenvalue weighted by atomic mass is 35.5. The summed E-state index contributed by atoms with van der Waals surface area (Å²) in [6, 6.07) is 4.60. The molecule has 3 rings (SSSR count). The van der Waals surface area contributed by atoms with Crippen LogP contribution in [0.2, 0.25) is 5.02 Å². The first-order chi connectivity index (χ1) is 9.78. The van der Waals surface area contributed by atoms with E-state index in [1.165, 1.54) is 25.7 Å². The van der Waals surface area contributed by atoms with Crippen molar-refractivity contribution in [3.8, 4) is 11.5 Å². The van der Waals surface area contributed by atoms with Gasteiger partial charge in [-0.3, -0.25) is 0 Å². The third-order valence-corrected chi connectivity index (χ3v) is 5.51. The Morgan fingerprint density at radius 2 is 2.15 bits per heavy atom. The standard InChI is InChI=1S/C15H20ClNO2S/c1-20-14-5-3-2-4-12(14)17-8-10-6-11(16)15-13(7-10)18-9-19-15/h6-7,12,14,17H,2-5,8-9H2,1H3. The van der Waals surface area contributed by atoms with Crippen LogP contribution >= 0.6 is 23.4 Å². The van der Waals surface area contributed by atoms with Crippen LogP contribution in [0.15, 0.2) is 12.1 Å². The maximum absolute atomic E-state index is 6.22. The van der Waals surface area contributed by atoms with E-state index < -0.39 is 0 Å². The van der Waals surface area contributed by atoms with E-state index in [4.69, 9.17) is 21.1 Å². The first-order valence-corrected chi connectivity index (χ1v) is 8.78. The van der Waals surface area contributed by atoms with Crippen LogP contribution in [0.1, 0.15) is 31.2 Å². The number of nitrogens with one attached hydrogen (secondary N) is 1. The average molecular weight is 314 g/mol. The highest BCUT2D eigenvalue weighted by molar-refractivity contribution is 7.99. The minimum Gasteiger partial charge on any atom is -0.454 e. The molecule has 2 atom stereocenters. The lowest BCUT2D eigenvalue weighted by Crippen LogP contribution is -2.39. The normalized spacial score (nSPS) is 24.9. The van der Waals surface area contributed by atoms with Crippen molar-refractivity contribution in [2.45, 2.75) is 43.5 Å². The van der Waals surface area contributed by atoms with Crippen LogP contribution < -0.4 is 14.8 Å². The van der Waals surface area contributed by atoms with Crippen molar-refractivity contribution >= 4 is 23.4 Å². The molecule has 20 heavy (non-hydrogen) atoms. The molecule has 2 unspecified atom stereocenters. The van der Waals surface area contributed by atoms with E-state index in [0.29, 0.717) is 16.8 Å². The van der Waals surface area contributed by atoms with E-state index in [2.05, 4.69) is 11.6 Å². The quantitative estimate of drug-likeness (QED) is 0.915. The van der Waals surface area contributed by atoms with Gasteiger partial charge in [0.15, 0.2) is 11.5 Å². The molecule has 1 fully saturated rings. The summed E-state index contributed by atoms with van der Waals surface area (Å²) in [5.74, 6) is 1.44. The fourth-order valence-corrected chi connectivity index (χ4v) is 4.24. The Hall–Kier alpha value is -0.580. The summed E-state index contributed by atoms with van der Waals surface area (Å²) in [6.07, 6.45) is 7.49. The topological polar surface area (TPSA) is 30.5 Å². The molecule has 0 radical (unpaired) electrons. The van der Waals surface area contributed by atoms with Crippen LogP contribution in [0, 0.1) is 0 Å². The van der Waals surface area contributed by atoms with E-state index >= 15 is 0 Å². The Balaban J connectivity index is 1.65. The van der Waals surface area contributed by atoms with Gasteiger partial charge < -0.3 is 14.8 Å². The van der Waals surface area contributed by atoms with Crippen molar-refractivity contribution in [1.29, 1.82) is 0 Å². The molecule has 1 heterocycles. The highest BCUT2D eigenvalue weighted by Gasteiger charge is 2.24. The molecule has 1 aromatic rings. The lowest BCUT2D eigenvalue weighted by Gasteiger charge is -2.31. The first kappa shape index (κ1) is 14.4. The molecule has 0 bridgehead atoms. The zero-order valence-corrected chi connectivity index (χ0v) is 13.2. The number of thioether (sulfide) groups is 1. The molecule has 1 aliphatic heterocycles. The van der Waals surface area contributed by atoms with Crippen LogP contribution in [-0.2, 0) is 6.54 Å². The summed E-state index contributed by atoms with van der Waals surface area (Å²) in [6.45, 7) is 1.10. The molecule has 0 spiro atoms. The molecular formula is C15H20ClNO2S. The fourth-order valence-electron chi connectivity index (χ4n) is 2.98. The van der Waals surface area contributed by atoms with Crippen molar-refractivity contribution in [1.82, 2.24) is 5.32 Å². The monoisotopic (exact) mass is 313 g/mol. The molecule has 0 saturated heterocycles. The van der Waals surface area contributed by atoms with Crippen molar-refractivity contribution in [2.75, 3.05) is 13.0 Å². The number of hydrogen-bond acceptors (Lipinski definition) is 4. The van der Waals surface area contributed by atoms with Gasteiger partial charge >= 0.3 is 0 Å². The minimum absolute atomic E-state index is 0.267. The smallest absolute Gasteiger partial charge is 0.231 e. The van der Waals surface area contributed by atoms with Crippen LogP contribution in [0.4, 0.5) is 0 Å². The van der Waals surface area contributed by atoms with Crippen molar-refractivity contribution in [2.24, 2.45) is 0 Å². The number of hydrogen-bond donors (Lipinski definition) is 1. The van der Waals surface area contributed by atoms with Crippen molar-refractivity contribution in [3.63, 3.8) is 0 Å². The third kappa shape index (κ3) is 3.02. The molecule has 1 aromatic carbocycles. The Morgan fingerprint density at radius 1 is 1.30 bits per heavy atom. The SMILES string of the molecule is CSC1CCCCC1NCc1cc(Cl)c2c(c1)OCO2. The Morgan fingerprint density at radius 3 is 3.00 bits per heavy atom. The van der Waals surface area contributed by atoms with E-state index in [1.54, 1.807) is 0 Å². The van der Waals surface area contributed by atoms with Gasteiger partial charge in [0.2, 0.25) is 6.79 Å². The van der Waals surface area contributed by atoms with Crippen LogP contribution in [0.3, 0.4) is 0 Å². The Kier molecular flexibility index (Phi) is 4.64. The molecule has 110 valence electrons. The number of ether oxygens (including phenoxy) is 2. The second-order valence-corrected chi connectivity index (χ2v) is 6.84. The second-order valence-electron chi connectivity index (χ2n) is 5.36. The van der Waals surface area contributed by atoms with Gasteiger partial charge in [0.1, 0.15) is 0 Å². The van der Waals surface area contributed by atoms with Gasteiger partial charge in [-0.15, -0.1) is 0 Å². The van der Waals surface area contributed by atoms with Gasteiger partial charge in [0.05, 0.1) is 5.02 Å². The summed E-state index contributed by atoms with van der Waals surface area (Å²) < 4.78 is 10.8. The molecule has 3 nitrogen and oxygen atoms in total. The molecule has 1 aliphatic carbocycles. The van der Waals surface area contributed by atoms with Crippen LogP contribution in [-0.4, -0.2) is 24.3 Å². The molecular weight excluding hydrogens is 294 g/mol. The van der Waals surface area contributed by atoms with Gasteiger partial charge in [-0.1, -0.05) is 24.4 Å². The molecule has 1 saturated carbocycles. The molecule has 0 amide bonds. The first-order valence-electron chi connectivity index (χ1n) is 7.12. The molecule has 5 heteroatoms. The van der Waals surface area contributed by atoms with Gasteiger partial charge in [0, 0.05) is 17.8 Å². The van der Waals surface area contributed by atoms with Gasteiger partial charge in [-0.25, -0.2) is 0 Å². The van der Waals surface area contributed by atoms with Crippen LogP contribution in [0.5, 0.6) is 11.5 Å². The zero-order valence-electron chi connectivity index (χ0n) is 11.7. The summed E-state index contributed by atoms with van der Waals surface area (Å²) in [5, 5.41) is 5.05.